The number of nitrogens with one attached hydrogen (secondary N) is 2. The molecule has 0 aliphatic heterocycles. The molecule has 2 aromatic rings. The molecule has 2 amide bonds. The second-order valence-corrected chi connectivity index (χ2v) is 8.95. The first kappa shape index (κ1) is 22.5. The van der Waals surface area contributed by atoms with Crippen molar-refractivity contribution >= 4 is 27.7 Å². The lowest BCUT2D eigenvalue weighted by atomic mass is 9.89. The number of benzene rings is 1. The van der Waals surface area contributed by atoms with Crippen LogP contribution < -0.4 is 10.6 Å². The molecule has 1 unspecified atom stereocenters. The Balaban J connectivity index is 1.59. The van der Waals surface area contributed by atoms with Crippen LogP contribution in [0.25, 0.3) is 0 Å². The molecule has 162 valence electrons. The zero-order valence-corrected chi connectivity index (χ0v) is 19.1. The summed E-state index contributed by atoms with van der Waals surface area (Å²) in [5, 5.41) is 10.2. The molecule has 2 N–H and O–H groups in total. The molecule has 1 aromatic heterocycles. The van der Waals surface area contributed by atoms with Crippen LogP contribution in [0.4, 0.5) is 0 Å². The summed E-state index contributed by atoms with van der Waals surface area (Å²) in [7, 11) is 0. The van der Waals surface area contributed by atoms with Gasteiger partial charge in [0.2, 0.25) is 17.7 Å². The Morgan fingerprint density at radius 1 is 1.17 bits per heavy atom. The lowest BCUT2D eigenvalue weighted by Crippen LogP contribution is -2.45. The van der Waals surface area contributed by atoms with Crippen LogP contribution in [0.15, 0.2) is 33.3 Å². The fourth-order valence-electron chi connectivity index (χ4n) is 3.99. The molecule has 1 saturated carbocycles. The Morgan fingerprint density at radius 3 is 2.47 bits per heavy atom. The van der Waals surface area contributed by atoms with Gasteiger partial charge in [-0.3, -0.25) is 9.59 Å². The average molecular weight is 477 g/mol. The number of halogens is 1. The van der Waals surface area contributed by atoms with E-state index >= 15 is 0 Å². The zero-order chi connectivity index (χ0) is 21.6. The van der Waals surface area contributed by atoms with Gasteiger partial charge >= 0.3 is 0 Å². The minimum Gasteiger partial charge on any atom is -0.350 e. The van der Waals surface area contributed by atoms with Crippen LogP contribution >= 0.6 is 15.9 Å². The first-order valence-electron chi connectivity index (χ1n) is 10.5. The van der Waals surface area contributed by atoms with Crippen LogP contribution in [0.5, 0.6) is 0 Å². The number of hydrogen-bond donors (Lipinski definition) is 2. The molecule has 3 rings (SSSR count). The normalized spacial score (nSPS) is 17.0. The van der Waals surface area contributed by atoms with Gasteiger partial charge in [-0.1, -0.05) is 58.9 Å². The van der Waals surface area contributed by atoms with Gasteiger partial charge in [0.1, 0.15) is 5.54 Å². The maximum Gasteiger partial charge on any atom is 0.227 e. The summed E-state index contributed by atoms with van der Waals surface area (Å²) in [6.45, 7) is 3.47. The van der Waals surface area contributed by atoms with Gasteiger partial charge in [-0.25, -0.2) is 0 Å². The van der Waals surface area contributed by atoms with Gasteiger partial charge in [0.25, 0.3) is 0 Å². The number of carbonyl (C=O) groups is 2. The van der Waals surface area contributed by atoms with E-state index in [4.69, 9.17) is 4.52 Å². The summed E-state index contributed by atoms with van der Waals surface area (Å²) >= 11 is 3.41. The molecule has 0 spiro atoms. The van der Waals surface area contributed by atoms with Crippen molar-refractivity contribution in [1.82, 2.24) is 20.8 Å². The number of hydrogen-bond acceptors (Lipinski definition) is 5. The van der Waals surface area contributed by atoms with E-state index in [-0.39, 0.29) is 24.3 Å². The maximum absolute atomic E-state index is 12.4. The van der Waals surface area contributed by atoms with Gasteiger partial charge in [0.05, 0.1) is 6.04 Å². The Labute approximate surface area is 185 Å². The van der Waals surface area contributed by atoms with Gasteiger partial charge in [-0.2, -0.15) is 4.98 Å². The Kier molecular flexibility index (Phi) is 7.64. The number of nitrogens with zero attached hydrogens (tertiary/aromatic N) is 2. The zero-order valence-electron chi connectivity index (χ0n) is 17.5. The lowest BCUT2D eigenvalue weighted by molar-refractivity contribution is -0.122. The summed E-state index contributed by atoms with van der Waals surface area (Å²) in [5.74, 6) is 0.782. The van der Waals surface area contributed by atoms with Crippen molar-refractivity contribution in [3.63, 3.8) is 0 Å². The highest BCUT2D eigenvalue weighted by molar-refractivity contribution is 9.10. The summed E-state index contributed by atoms with van der Waals surface area (Å²) in [5.41, 5.74) is 0.472. The van der Waals surface area contributed by atoms with Crippen LogP contribution in [-0.4, -0.2) is 22.0 Å². The Morgan fingerprint density at radius 2 is 1.83 bits per heavy atom. The third kappa shape index (κ3) is 5.90. The first-order chi connectivity index (χ1) is 14.4. The van der Waals surface area contributed by atoms with Crippen LogP contribution in [0.2, 0.25) is 0 Å². The van der Waals surface area contributed by atoms with Crippen molar-refractivity contribution in [3.8, 4) is 0 Å². The topological polar surface area (TPSA) is 97.1 Å². The molecule has 1 aliphatic carbocycles. The molecule has 1 heterocycles. The molecule has 1 aliphatic rings. The lowest BCUT2D eigenvalue weighted by Gasteiger charge is -2.30. The summed E-state index contributed by atoms with van der Waals surface area (Å²) in [6.07, 6.45) is 6.54. The molecule has 0 radical (unpaired) electrons. The van der Waals surface area contributed by atoms with Crippen molar-refractivity contribution in [2.75, 3.05) is 0 Å². The SMILES string of the molecule is CC(=O)NC1(c2noc(CCC(=O)NC(C)c3ccc(Br)cc3)n2)CCCCCC1. The molecular weight excluding hydrogens is 448 g/mol. The second kappa shape index (κ2) is 10.2. The molecule has 1 fully saturated rings. The van der Waals surface area contributed by atoms with E-state index in [2.05, 4.69) is 36.7 Å². The van der Waals surface area contributed by atoms with Gasteiger partial charge in [0.15, 0.2) is 5.82 Å². The predicted molar refractivity (Wildman–Crippen MR) is 117 cm³/mol. The minimum absolute atomic E-state index is 0.0730. The second-order valence-electron chi connectivity index (χ2n) is 8.03. The fraction of sp³-hybridized carbons (Fsp3) is 0.545. The van der Waals surface area contributed by atoms with E-state index in [0.29, 0.717) is 18.1 Å². The summed E-state index contributed by atoms with van der Waals surface area (Å²) in [4.78, 5) is 28.7. The number of rotatable bonds is 7. The monoisotopic (exact) mass is 476 g/mol. The van der Waals surface area contributed by atoms with Crippen molar-refractivity contribution in [3.05, 3.63) is 46.0 Å². The van der Waals surface area contributed by atoms with Crippen molar-refractivity contribution in [2.45, 2.75) is 76.8 Å². The van der Waals surface area contributed by atoms with Gasteiger partial charge in [-0.05, 0) is 37.5 Å². The molecule has 7 nitrogen and oxygen atoms in total. The highest BCUT2D eigenvalue weighted by atomic mass is 79.9. The third-order valence-corrected chi connectivity index (χ3v) is 6.11. The molecule has 0 saturated heterocycles. The van der Waals surface area contributed by atoms with Crippen molar-refractivity contribution < 1.29 is 14.1 Å². The number of aryl methyl sites for hydroxylation is 1. The fourth-order valence-corrected chi connectivity index (χ4v) is 4.26. The van der Waals surface area contributed by atoms with E-state index in [1.807, 2.05) is 31.2 Å². The van der Waals surface area contributed by atoms with Gasteiger partial charge in [0, 0.05) is 24.2 Å². The number of aromatic nitrogens is 2. The van der Waals surface area contributed by atoms with Crippen LogP contribution in [0.3, 0.4) is 0 Å². The molecule has 8 heteroatoms. The Bertz CT molecular complexity index is 858. The molecule has 1 aromatic carbocycles. The van der Waals surface area contributed by atoms with Gasteiger partial charge in [-0.15, -0.1) is 0 Å². The van der Waals surface area contributed by atoms with E-state index in [1.165, 1.54) is 6.92 Å². The maximum atomic E-state index is 12.4. The Hall–Kier alpha value is -2.22. The number of carbonyl (C=O) groups excluding carboxylic acids is 2. The molecule has 30 heavy (non-hydrogen) atoms. The number of amides is 2. The highest BCUT2D eigenvalue weighted by Gasteiger charge is 2.38. The smallest absolute Gasteiger partial charge is 0.227 e. The highest BCUT2D eigenvalue weighted by Crippen LogP contribution is 2.34. The summed E-state index contributed by atoms with van der Waals surface area (Å²) < 4.78 is 6.42. The van der Waals surface area contributed by atoms with Gasteiger partial charge < -0.3 is 15.2 Å². The molecule has 0 bridgehead atoms. The van der Waals surface area contributed by atoms with E-state index in [1.54, 1.807) is 0 Å². The van der Waals surface area contributed by atoms with Crippen molar-refractivity contribution in [1.29, 1.82) is 0 Å². The van der Waals surface area contributed by atoms with Crippen LogP contribution in [-0.2, 0) is 21.5 Å². The van der Waals surface area contributed by atoms with Crippen molar-refractivity contribution in [2.24, 2.45) is 0 Å². The van der Waals surface area contributed by atoms with Crippen LogP contribution in [0, 0.1) is 0 Å². The van der Waals surface area contributed by atoms with E-state index in [9.17, 15) is 9.59 Å². The van der Waals surface area contributed by atoms with Crippen LogP contribution in [0.1, 0.15) is 82.1 Å². The standard InChI is InChI=1S/C22H29BrN4O3/c1-15(17-7-9-18(23)10-8-17)24-19(29)11-12-20-25-21(27-30-20)22(26-16(2)28)13-5-3-4-6-14-22/h7-10,15H,3-6,11-14H2,1-2H3,(H,24,29)(H,26,28). The predicted octanol–water partition coefficient (Wildman–Crippen LogP) is 4.33. The quantitative estimate of drug-likeness (QED) is 0.579. The summed E-state index contributed by atoms with van der Waals surface area (Å²) in [6, 6.07) is 7.78. The molecule has 1 atom stereocenters. The largest absolute Gasteiger partial charge is 0.350 e. The third-order valence-electron chi connectivity index (χ3n) is 5.58. The van der Waals surface area contributed by atoms with E-state index < -0.39 is 5.54 Å². The minimum atomic E-state index is -0.567. The first-order valence-corrected chi connectivity index (χ1v) is 11.3. The van der Waals surface area contributed by atoms with E-state index in [0.717, 1.165) is 48.6 Å². The molecular formula is C22H29BrN4O3. The average Bonchev–Trinajstić information content (AvgIpc) is 3.07.